The maximum Gasteiger partial charge on any atom is 0.0449 e. The minimum atomic E-state index is 0.250. The van der Waals surface area contributed by atoms with Crippen LogP contribution >= 0.6 is 27.5 Å². The second-order valence-corrected chi connectivity index (χ2v) is 6.79. The lowest BCUT2D eigenvalue weighted by Crippen LogP contribution is -2.29. The minimum absolute atomic E-state index is 0.250. The first kappa shape index (κ1) is 15.0. The smallest absolute Gasteiger partial charge is 0.0449 e. The average Bonchev–Trinajstić information content (AvgIpc) is 2.21. The van der Waals surface area contributed by atoms with Crippen LogP contribution in [0.25, 0.3) is 0 Å². The van der Waals surface area contributed by atoms with Crippen LogP contribution in [0, 0.1) is 5.41 Å². The van der Waals surface area contributed by atoms with Gasteiger partial charge in [0.1, 0.15) is 0 Å². The molecular formula is C14H21BrClN. The molecule has 17 heavy (non-hydrogen) atoms. The normalized spacial score (nSPS) is 13.8. The lowest BCUT2D eigenvalue weighted by molar-refractivity contribution is 0.293. The van der Waals surface area contributed by atoms with Crippen molar-refractivity contribution in [1.82, 2.24) is 5.32 Å². The third kappa shape index (κ3) is 4.99. The molecule has 0 aliphatic heterocycles. The predicted molar refractivity (Wildman–Crippen MR) is 79.8 cm³/mol. The van der Waals surface area contributed by atoms with Gasteiger partial charge in [-0.25, -0.2) is 0 Å². The van der Waals surface area contributed by atoms with E-state index in [0.717, 1.165) is 22.3 Å². The van der Waals surface area contributed by atoms with E-state index in [1.807, 2.05) is 13.1 Å². The second-order valence-electron chi connectivity index (χ2n) is 5.47. The van der Waals surface area contributed by atoms with E-state index < -0.39 is 0 Å². The molecule has 0 aliphatic carbocycles. The van der Waals surface area contributed by atoms with Crippen LogP contribution in [0.15, 0.2) is 22.7 Å². The van der Waals surface area contributed by atoms with Crippen LogP contribution in [0.1, 0.15) is 32.8 Å². The van der Waals surface area contributed by atoms with Gasteiger partial charge in [-0.15, -0.1) is 0 Å². The van der Waals surface area contributed by atoms with E-state index >= 15 is 0 Å². The van der Waals surface area contributed by atoms with E-state index in [-0.39, 0.29) is 5.41 Å². The van der Waals surface area contributed by atoms with E-state index in [1.54, 1.807) is 0 Å². The Hall–Kier alpha value is -0.0500. The summed E-state index contributed by atoms with van der Waals surface area (Å²) < 4.78 is 1.03. The fraction of sp³-hybridized carbons (Fsp3) is 0.571. The standard InChI is InChI=1S/C14H21BrClN/c1-10(17-4)8-14(2,3)9-11-5-6-12(15)7-13(11)16/h5-7,10,17H,8-9H2,1-4H3. The third-order valence-electron chi connectivity index (χ3n) is 3.04. The summed E-state index contributed by atoms with van der Waals surface area (Å²) in [6, 6.07) is 6.66. The number of benzene rings is 1. The van der Waals surface area contributed by atoms with Crippen LogP contribution in [-0.2, 0) is 6.42 Å². The summed E-state index contributed by atoms with van der Waals surface area (Å²) in [6.07, 6.45) is 2.14. The van der Waals surface area contributed by atoms with Crippen LogP contribution in [-0.4, -0.2) is 13.1 Å². The molecule has 1 aromatic carbocycles. The van der Waals surface area contributed by atoms with Crippen molar-refractivity contribution in [3.05, 3.63) is 33.3 Å². The molecule has 1 unspecified atom stereocenters. The molecule has 0 amide bonds. The fourth-order valence-corrected chi connectivity index (χ4v) is 2.92. The highest BCUT2D eigenvalue weighted by atomic mass is 79.9. The Morgan fingerprint density at radius 2 is 2.06 bits per heavy atom. The lowest BCUT2D eigenvalue weighted by atomic mass is 9.80. The quantitative estimate of drug-likeness (QED) is 0.832. The molecule has 0 heterocycles. The van der Waals surface area contributed by atoms with Gasteiger partial charge in [-0.3, -0.25) is 0 Å². The Bertz CT molecular complexity index is 376. The van der Waals surface area contributed by atoms with Crippen molar-refractivity contribution in [2.45, 2.75) is 39.7 Å². The molecule has 1 aromatic rings. The SMILES string of the molecule is CNC(C)CC(C)(C)Cc1ccc(Br)cc1Cl. The van der Waals surface area contributed by atoms with Crippen molar-refractivity contribution in [1.29, 1.82) is 0 Å². The molecule has 0 saturated carbocycles. The zero-order chi connectivity index (χ0) is 13.1. The number of nitrogens with one attached hydrogen (secondary N) is 1. The Morgan fingerprint density at radius 1 is 1.41 bits per heavy atom. The minimum Gasteiger partial charge on any atom is -0.317 e. The van der Waals surface area contributed by atoms with E-state index in [9.17, 15) is 0 Å². The molecule has 0 bridgehead atoms. The van der Waals surface area contributed by atoms with Crippen molar-refractivity contribution in [2.24, 2.45) is 5.41 Å². The van der Waals surface area contributed by atoms with Crippen LogP contribution in [0.5, 0.6) is 0 Å². The maximum absolute atomic E-state index is 6.26. The number of rotatable bonds is 5. The predicted octanol–water partition coefficient (Wildman–Crippen LogP) is 4.67. The summed E-state index contributed by atoms with van der Waals surface area (Å²) in [6.45, 7) is 6.80. The first-order valence-electron chi connectivity index (χ1n) is 5.95. The Labute approximate surface area is 118 Å². The monoisotopic (exact) mass is 317 g/mol. The van der Waals surface area contributed by atoms with Gasteiger partial charge >= 0.3 is 0 Å². The average molecular weight is 319 g/mol. The fourth-order valence-electron chi connectivity index (χ4n) is 2.18. The van der Waals surface area contributed by atoms with E-state index in [0.29, 0.717) is 6.04 Å². The van der Waals surface area contributed by atoms with Crippen molar-refractivity contribution < 1.29 is 0 Å². The molecule has 0 fully saturated rings. The first-order valence-corrected chi connectivity index (χ1v) is 7.12. The zero-order valence-electron chi connectivity index (χ0n) is 11.0. The van der Waals surface area contributed by atoms with Crippen LogP contribution in [0.3, 0.4) is 0 Å². The number of halogens is 2. The van der Waals surface area contributed by atoms with E-state index in [1.165, 1.54) is 5.56 Å². The summed E-state index contributed by atoms with van der Waals surface area (Å²) >= 11 is 9.69. The second kappa shape index (κ2) is 6.21. The molecule has 0 spiro atoms. The van der Waals surface area contributed by atoms with Gasteiger partial charge < -0.3 is 5.32 Å². The van der Waals surface area contributed by atoms with Crippen molar-refractivity contribution in [2.75, 3.05) is 7.05 Å². The molecule has 0 aromatic heterocycles. The topological polar surface area (TPSA) is 12.0 Å². The number of hydrogen-bond donors (Lipinski definition) is 1. The molecule has 1 N–H and O–H groups in total. The van der Waals surface area contributed by atoms with Crippen molar-refractivity contribution in [3.63, 3.8) is 0 Å². The summed E-state index contributed by atoms with van der Waals surface area (Å²) in [5, 5.41) is 4.14. The third-order valence-corrected chi connectivity index (χ3v) is 3.88. The molecule has 1 rings (SSSR count). The van der Waals surface area contributed by atoms with Gasteiger partial charge in [0.15, 0.2) is 0 Å². The molecule has 0 radical (unpaired) electrons. The lowest BCUT2D eigenvalue weighted by Gasteiger charge is -2.28. The molecular weight excluding hydrogens is 298 g/mol. The van der Waals surface area contributed by atoms with Crippen LogP contribution < -0.4 is 5.32 Å². The molecule has 0 aliphatic rings. The molecule has 1 nitrogen and oxygen atoms in total. The summed E-state index contributed by atoms with van der Waals surface area (Å²) in [5.41, 5.74) is 1.48. The maximum atomic E-state index is 6.26. The van der Waals surface area contributed by atoms with Crippen LogP contribution in [0.2, 0.25) is 5.02 Å². The van der Waals surface area contributed by atoms with Gasteiger partial charge in [0.05, 0.1) is 0 Å². The van der Waals surface area contributed by atoms with Gasteiger partial charge in [0.25, 0.3) is 0 Å². The summed E-state index contributed by atoms with van der Waals surface area (Å²) in [4.78, 5) is 0. The van der Waals surface area contributed by atoms with E-state index in [2.05, 4.69) is 54.2 Å². The van der Waals surface area contributed by atoms with Crippen molar-refractivity contribution in [3.8, 4) is 0 Å². The summed E-state index contributed by atoms with van der Waals surface area (Å²) in [5.74, 6) is 0. The Balaban J connectivity index is 2.75. The van der Waals surface area contributed by atoms with E-state index in [4.69, 9.17) is 11.6 Å². The first-order chi connectivity index (χ1) is 7.84. The summed E-state index contributed by atoms with van der Waals surface area (Å²) in [7, 11) is 2.01. The molecule has 0 saturated heterocycles. The van der Waals surface area contributed by atoms with Gasteiger partial charge in [0, 0.05) is 15.5 Å². The Morgan fingerprint density at radius 3 is 2.59 bits per heavy atom. The van der Waals surface area contributed by atoms with Gasteiger partial charge in [0.2, 0.25) is 0 Å². The van der Waals surface area contributed by atoms with Gasteiger partial charge in [-0.2, -0.15) is 0 Å². The number of hydrogen-bond acceptors (Lipinski definition) is 1. The highest BCUT2D eigenvalue weighted by molar-refractivity contribution is 9.10. The molecule has 1 atom stereocenters. The van der Waals surface area contributed by atoms with Gasteiger partial charge in [-0.05, 0) is 49.9 Å². The molecule has 96 valence electrons. The highest BCUT2D eigenvalue weighted by Crippen LogP contribution is 2.31. The molecule has 3 heteroatoms. The largest absolute Gasteiger partial charge is 0.317 e. The highest BCUT2D eigenvalue weighted by Gasteiger charge is 2.22. The van der Waals surface area contributed by atoms with Crippen LogP contribution in [0.4, 0.5) is 0 Å². The zero-order valence-corrected chi connectivity index (χ0v) is 13.3. The van der Waals surface area contributed by atoms with Gasteiger partial charge in [-0.1, -0.05) is 47.4 Å². The Kier molecular flexibility index (Phi) is 5.49. The van der Waals surface area contributed by atoms with Crippen molar-refractivity contribution >= 4 is 27.5 Å².